The van der Waals surface area contributed by atoms with E-state index in [4.69, 9.17) is 14.2 Å². The first-order valence-corrected chi connectivity index (χ1v) is 13.4. The summed E-state index contributed by atoms with van der Waals surface area (Å²) in [6.07, 6.45) is 1.42. The van der Waals surface area contributed by atoms with Gasteiger partial charge in [0.1, 0.15) is 22.9 Å². The number of amides is 1. The number of esters is 1. The van der Waals surface area contributed by atoms with Gasteiger partial charge in [-0.25, -0.2) is 10.2 Å². The van der Waals surface area contributed by atoms with Crippen LogP contribution in [0.3, 0.4) is 0 Å². The van der Waals surface area contributed by atoms with Crippen LogP contribution >= 0.6 is 15.9 Å². The maximum absolute atomic E-state index is 13.5. The molecule has 0 spiro atoms. The molecule has 0 radical (unpaired) electrons. The fourth-order valence-corrected chi connectivity index (χ4v) is 4.81. The van der Waals surface area contributed by atoms with Gasteiger partial charge in [0.05, 0.1) is 36.9 Å². The second kappa shape index (κ2) is 12.1. The summed E-state index contributed by atoms with van der Waals surface area (Å²) in [6.45, 7) is 1.94. The molecule has 2 N–H and O–H groups in total. The van der Waals surface area contributed by atoms with Gasteiger partial charge in [0.25, 0.3) is 5.91 Å². The third kappa shape index (κ3) is 5.85. The Balaban J connectivity index is 1.46. The number of carbonyl (C=O) groups is 2. The van der Waals surface area contributed by atoms with E-state index in [1.807, 2.05) is 49.4 Å². The third-order valence-electron chi connectivity index (χ3n) is 6.44. The number of hydrogen-bond acceptors (Lipinski definition) is 6. The normalized spacial score (nSPS) is 11.0. The molecule has 0 aliphatic carbocycles. The molecule has 206 valence electrons. The molecule has 0 unspecified atom stereocenters. The summed E-state index contributed by atoms with van der Waals surface area (Å²) in [4.78, 5) is 29.4. The molecule has 1 heterocycles. The topological polar surface area (TPSA) is 102 Å². The van der Waals surface area contributed by atoms with Gasteiger partial charge in [-0.1, -0.05) is 64.0 Å². The fourth-order valence-electron chi connectivity index (χ4n) is 4.43. The van der Waals surface area contributed by atoms with Gasteiger partial charge < -0.3 is 19.2 Å². The molecule has 5 rings (SSSR count). The molecule has 1 amide bonds. The van der Waals surface area contributed by atoms with Crippen LogP contribution in [0.15, 0.2) is 94.5 Å². The van der Waals surface area contributed by atoms with Crippen molar-refractivity contribution in [2.45, 2.75) is 6.92 Å². The van der Waals surface area contributed by atoms with Crippen LogP contribution in [-0.2, 0) is 0 Å². The van der Waals surface area contributed by atoms with Crippen molar-refractivity contribution in [3.63, 3.8) is 0 Å². The average molecular weight is 612 g/mol. The van der Waals surface area contributed by atoms with E-state index >= 15 is 0 Å². The van der Waals surface area contributed by atoms with Crippen molar-refractivity contribution in [3.8, 4) is 28.4 Å². The number of H-pyrrole nitrogens is 1. The molecule has 0 fully saturated rings. The van der Waals surface area contributed by atoms with E-state index in [0.29, 0.717) is 44.8 Å². The lowest BCUT2D eigenvalue weighted by Crippen LogP contribution is -2.19. The Bertz CT molecular complexity index is 1760. The number of carbonyl (C=O) groups excluding carboxylic acids is 2. The van der Waals surface area contributed by atoms with Crippen molar-refractivity contribution >= 4 is 44.9 Å². The number of hydrogen-bond donors (Lipinski definition) is 2. The molecule has 0 saturated carbocycles. The summed E-state index contributed by atoms with van der Waals surface area (Å²) in [7, 11) is 3.14. The highest BCUT2D eigenvalue weighted by Crippen LogP contribution is 2.42. The first-order valence-electron chi connectivity index (χ1n) is 12.6. The smallest absolute Gasteiger partial charge is 0.343 e. The minimum Gasteiger partial charge on any atom is -0.496 e. The minimum atomic E-state index is -0.500. The zero-order valence-electron chi connectivity index (χ0n) is 22.5. The van der Waals surface area contributed by atoms with Crippen LogP contribution in [0.25, 0.3) is 22.0 Å². The Morgan fingerprint density at radius 3 is 2.27 bits per heavy atom. The van der Waals surface area contributed by atoms with Gasteiger partial charge in [0.2, 0.25) is 0 Å². The van der Waals surface area contributed by atoms with Crippen LogP contribution in [-0.4, -0.2) is 37.3 Å². The van der Waals surface area contributed by atoms with Gasteiger partial charge in [0.15, 0.2) is 0 Å². The monoisotopic (exact) mass is 611 g/mol. The predicted molar refractivity (Wildman–Crippen MR) is 162 cm³/mol. The molecular weight excluding hydrogens is 586 g/mol. The number of methoxy groups -OCH3 is 2. The zero-order valence-corrected chi connectivity index (χ0v) is 24.1. The fraction of sp³-hybridized carbons (Fsp3) is 0.0938. The van der Waals surface area contributed by atoms with Gasteiger partial charge in [-0.15, -0.1) is 0 Å². The molecule has 5 aromatic rings. The number of benzene rings is 4. The highest BCUT2D eigenvalue weighted by molar-refractivity contribution is 9.10. The quantitative estimate of drug-likeness (QED) is 0.0859. The second-order valence-corrected chi connectivity index (χ2v) is 10.0. The Morgan fingerprint density at radius 1 is 0.878 bits per heavy atom. The van der Waals surface area contributed by atoms with Crippen LogP contribution in [0.2, 0.25) is 0 Å². The second-order valence-electron chi connectivity index (χ2n) is 9.10. The third-order valence-corrected chi connectivity index (χ3v) is 6.93. The maximum Gasteiger partial charge on any atom is 0.343 e. The highest BCUT2D eigenvalue weighted by Gasteiger charge is 2.24. The van der Waals surface area contributed by atoms with E-state index in [9.17, 15) is 9.59 Å². The Hall–Kier alpha value is -4.89. The van der Waals surface area contributed by atoms with Gasteiger partial charge >= 0.3 is 5.97 Å². The molecule has 1 aromatic heterocycles. The lowest BCUT2D eigenvalue weighted by molar-refractivity contribution is 0.0734. The first-order chi connectivity index (χ1) is 19.9. The summed E-state index contributed by atoms with van der Waals surface area (Å²) in [5, 5.41) is 4.89. The molecule has 8 nitrogen and oxygen atoms in total. The van der Waals surface area contributed by atoms with E-state index in [1.165, 1.54) is 6.21 Å². The standard InChI is InChI=1S/C32H26BrN3O5/c1-19-9-11-21(12-10-19)32(38)41-24-14-13-23(33)17-22(24)18-34-36-31(37)30-27(20-7-5-4-6-8-20)28-25(39-2)15-16-26(40-3)29(28)35-30/h4-18,35H,1-3H3,(H,36,37). The number of nitrogens with one attached hydrogen (secondary N) is 2. The van der Waals surface area contributed by atoms with Crippen molar-refractivity contribution in [1.82, 2.24) is 10.4 Å². The first kappa shape index (κ1) is 27.7. The van der Waals surface area contributed by atoms with Gasteiger partial charge in [-0.05, 0) is 55.0 Å². The molecule has 0 saturated heterocycles. The SMILES string of the molecule is COc1ccc(OC)c2c(-c3ccccc3)c(C(=O)NN=Cc3cc(Br)ccc3OC(=O)c3ccc(C)cc3)[nH]c12. The van der Waals surface area contributed by atoms with Crippen molar-refractivity contribution in [1.29, 1.82) is 0 Å². The van der Waals surface area contributed by atoms with Gasteiger partial charge in [0, 0.05) is 15.6 Å². The molecule has 4 aromatic carbocycles. The number of aryl methyl sites for hydroxylation is 1. The van der Waals surface area contributed by atoms with E-state index in [0.717, 1.165) is 15.6 Å². The van der Waals surface area contributed by atoms with E-state index in [2.05, 4.69) is 31.4 Å². The van der Waals surface area contributed by atoms with Crippen molar-refractivity contribution in [3.05, 3.63) is 112 Å². The number of fused-ring (bicyclic) bond motifs is 1. The molecular formula is C32H26BrN3O5. The minimum absolute atomic E-state index is 0.284. The lowest BCUT2D eigenvalue weighted by atomic mass is 10.0. The number of aromatic nitrogens is 1. The Kier molecular flexibility index (Phi) is 8.16. The summed E-state index contributed by atoms with van der Waals surface area (Å²) >= 11 is 3.44. The molecule has 9 heteroatoms. The van der Waals surface area contributed by atoms with Gasteiger partial charge in [-0.2, -0.15) is 5.10 Å². The van der Waals surface area contributed by atoms with Crippen molar-refractivity contribution in [2.75, 3.05) is 14.2 Å². The van der Waals surface area contributed by atoms with E-state index < -0.39 is 11.9 Å². The van der Waals surface area contributed by atoms with Crippen LogP contribution < -0.4 is 19.6 Å². The maximum atomic E-state index is 13.5. The zero-order chi connectivity index (χ0) is 28.9. The number of nitrogens with zero attached hydrogens (tertiary/aromatic N) is 1. The van der Waals surface area contributed by atoms with Gasteiger partial charge in [-0.3, -0.25) is 4.79 Å². The van der Waals surface area contributed by atoms with Crippen molar-refractivity contribution in [2.24, 2.45) is 5.10 Å². The van der Waals surface area contributed by atoms with Crippen molar-refractivity contribution < 1.29 is 23.8 Å². The van der Waals surface area contributed by atoms with Crippen LogP contribution in [0.5, 0.6) is 17.2 Å². The number of halogens is 1. The lowest BCUT2D eigenvalue weighted by Gasteiger charge is -2.09. The summed E-state index contributed by atoms with van der Waals surface area (Å²) in [5.74, 6) is 0.470. The highest BCUT2D eigenvalue weighted by atomic mass is 79.9. The summed E-state index contributed by atoms with van der Waals surface area (Å²) in [6, 6.07) is 25.3. The molecule has 41 heavy (non-hydrogen) atoms. The Labute approximate surface area is 245 Å². The van der Waals surface area contributed by atoms with E-state index in [1.54, 1.807) is 56.7 Å². The molecule has 0 bridgehead atoms. The van der Waals surface area contributed by atoms with Crippen LogP contribution in [0.4, 0.5) is 0 Å². The summed E-state index contributed by atoms with van der Waals surface area (Å²) < 4.78 is 17.6. The van der Waals surface area contributed by atoms with E-state index in [-0.39, 0.29) is 5.69 Å². The van der Waals surface area contributed by atoms with Crippen LogP contribution in [0.1, 0.15) is 32.0 Å². The number of hydrazone groups is 1. The summed E-state index contributed by atoms with van der Waals surface area (Å²) in [5.41, 5.74) is 6.92. The largest absolute Gasteiger partial charge is 0.496 e. The van der Waals surface area contributed by atoms with Crippen LogP contribution in [0, 0.1) is 6.92 Å². The molecule has 0 atom stereocenters. The number of ether oxygens (including phenoxy) is 3. The average Bonchev–Trinajstić information content (AvgIpc) is 3.40. The molecule has 0 aliphatic rings. The molecule has 0 aliphatic heterocycles. The number of aromatic amines is 1. The number of rotatable bonds is 8. The predicted octanol–water partition coefficient (Wildman–Crippen LogP) is 6.91. The Morgan fingerprint density at radius 2 is 1.56 bits per heavy atom.